The van der Waals surface area contributed by atoms with E-state index in [1.807, 2.05) is 6.07 Å². The van der Waals surface area contributed by atoms with Gasteiger partial charge in [-0.25, -0.2) is 4.79 Å². The van der Waals surface area contributed by atoms with Crippen LogP contribution in [0.1, 0.15) is 15.9 Å². The van der Waals surface area contributed by atoms with Gasteiger partial charge in [-0.05, 0) is 18.2 Å². The van der Waals surface area contributed by atoms with Crippen LogP contribution >= 0.6 is 0 Å². The highest BCUT2D eigenvalue weighted by molar-refractivity contribution is 5.93. The predicted molar refractivity (Wildman–Crippen MR) is 69.3 cm³/mol. The highest BCUT2D eigenvalue weighted by Gasteiger charge is 2.15. The number of carboxylic acid groups (broad SMARTS) is 1. The fourth-order valence-corrected chi connectivity index (χ4v) is 2.34. The van der Waals surface area contributed by atoms with Crippen LogP contribution in [0.4, 0.5) is 0 Å². The SMILES string of the molecule is O=C(O)c1ccc2c(CN3CCOCC3)coc2c1. The van der Waals surface area contributed by atoms with Gasteiger partial charge < -0.3 is 14.3 Å². The molecule has 1 aromatic heterocycles. The van der Waals surface area contributed by atoms with Gasteiger partial charge in [0.25, 0.3) is 0 Å². The Labute approximate surface area is 110 Å². The smallest absolute Gasteiger partial charge is 0.335 e. The average molecular weight is 261 g/mol. The number of furan rings is 1. The van der Waals surface area contributed by atoms with Crippen LogP contribution < -0.4 is 0 Å². The number of hydrogen-bond donors (Lipinski definition) is 1. The van der Waals surface area contributed by atoms with E-state index in [0.717, 1.165) is 43.8 Å². The van der Waals surface area contributed by atoms with Crippen LogP contribution in [0.15, 0.2) is 28.9 Å². The number of hydrogen-bond acceptors (Lipinski definition) is 4. The molecule has 0 saturated carbocycles. The first-order chi connectivity index (χ1) is 9.24. The molecule has 1 aromatic carbocycles. The summed E-state index contributed by atoms with van der Waals surface area (Å²) in [6, 6.07) is 5.00. The molecule has 0 radical (unpaired) electrons. The lowest BCUT2D eigenvalue weighted by Gasteiger charge is -2.26. The molecule has 1 aliphatic heterocycles. The molecule has 0 unspecified atom stereocenters. The summed E-state index contributed by atoms with van der Waals surface area (Å²) in [5.74, 6) is -0.937. The van der Waals surface area contributed by atoms with Crippen LogP contribution in [0.3, 0.4) is 0 Å². The second kappa shape index (κ2) is 5.03. The van der Waals surface area contributed by atoms with Crippen molar-refractivity contribution >= 4 is 16.9 Å². The van der Waals surface area contributed by atoms with E-state index in [2.05, 4.69) is 4.90 Å². The highest BCUT2D eigenvalue weighted by atomic mass is 16.5. The molecule has 3 rings (SSSR count). The number of morpholine rings is 1. The molecule has 5 nitrogen and oxygen atoms in total. The minimum Gasteiger partial charge on any atom is -0.478 e. The predicted octanol–water partition coefficient (Wildman–Crippen LogP) is 1.96. The lowest BCUT2D eigenvalue weighted by molar-refractivity contribution is 0.0342. The molecule has 100 valence electrons. The Hall–Kier alpha value is -1.85. The zero-order valence-electron chi connectivity index (χ0n) is 10.5. The van der Waals surface area contributed by atoms with Crippen LogP contribution in [0.2, 0.25) is 0 Å². The second-order valence-electron chi connectivity index (χ2n) is 4.67. The van der Waals surface area contributed by atoms with Gasteiger partial charge >= 0.3 is 5.97 Å². The Kier molecular flexibility index (Phi) is 3.23. The molecule has 0 atom stereocenters. The van der Waals surface area contributed by atoms with Crippen LogP contribution in [-0.4, -0.2) is 42.3 Å². The molecule has 1 N–H and O–H groups in total. The van der Waals surface area contributed by atoms with Crippen molar-refractivity contribution in [3.05, 3.63) is 35.6 Å². The van der Waals surface area contributed by atoms with E-state index in [0.29, 0.717) is 5.58 Å². The van der Waals surface area contributed by atoms with Crippen molar-refractivity contribution in [2.75, 3.05) is 26.3 Å². The molecule has 0 spiro atoms. The van der Waals surface area contributed by atoms with Crippen LogP contribution in [0.5, 0.6) is 0 Å². The topological polar surface area (TPSA) is 62.9 Å². The summed E-state index contributed by atoms with van der Waals surface area (Å²) in [4.78, 5) is 13.2. The highest BCUT2D eigenvalue weighted by Crippen LogP contribution is 2.24. The number of aromatic carboxylic acids is 1. The number of carbonyl (C=O) groups is 1. The van der Waals surface area contributed by atoms with E-state index in [1.54, 1.807) is 18.4 Å². The summed E-state index contributed by atoms with van der Waals surface area (Å²) in [6.45, 7) is 4.17. The summed E-state index contributed by atoms with van der Waals surface area (Å²) < 4.78 is 10.8. The maximum absolute atomic E-state index is 10.9. The van der Waals surface area contributed by atoms with E-state index >= 15 is 0 Å². The van der Waals surface area contributed by atoms with E-state index in [-0.39, 0.29) is 5.56 Å². The molecule has 0 aliphatic carbocycles. The number of carboxylic acids is 1. The van der Waals surface area contributed by atoms with Crippen LogP contribution in [0, 0.1) is 0 Å². The summed E-state index contributed by atoms with van der Waals surface area (Å²) in [5.41, 5.74) is 1.97. The average Bonchev–Trinajstić information content (AvgIpc) is 2.82. The molecule has 0 amide bonds. The van der Waals surface area contributed by atoms with Crippen LogP contribution in [-0.2, 0) is 11.3 Å². The van der Waals surface area contributed by atoms with Crippen molar-refractivity contribution in [1.82, 2.24) is 4.90 Å². The van der Waals surface area contributed by atoms with Gasteiger partial charge in [-0.1, -0.05) is 0 Å². The maximum atomic E-state index is 10.9. The van der Waals surface area contributed by atoms with E-state index < -0.39 is 5.97 Å². The largest absolute Gasteiger partial charge is 0.478 e. The first kappa shape index (κ1) is 12.2. The number of fused-ring (bicyclic) bond motifs is 1. The first-order valence-corrected chi connectivity index (χ1v) is 6.27. The molecular formula is C14H15NO4. The van der Waals surface area contributed by atoms with Crippen molar-refractivity contribution in [2.45, 2.75) is 6.54 Å². The molecule has 19 heavy (non-hydrogen) atoms. The Morgan fingerprint density at radius 2 is 2.11 bits per heavy atom. The van der Waals surface area contributed by atoms with Crippen LogP contribution in [0.25, 0.3) is 11.0 Å². The van der Waals surface area contributed by atoms with Crippen molar-refractivity contribution in [3.8, 4) is 0 Å². The maximum Gasteiger partial charge on any atom is 0.335 e. The Morgan fingerprint density at radius 3 is 2.84 bits per heavy atom. The quantitative estimate of drug-likeness (QED) is 0.915. The fraction of sp³-hybridized carbons (Fsp3) is 0.357. The van der Waals surface area contributed by atoms with E-state index in [1.165, 1.54) is 0 Å². The number of nitrogens with zero attached hydrogens (tertiary/aromatic N) is 1. The summed E-state index contributed by atoms with van der Waals surface area (Å²) in [7, 11) is 0. The first-order valence-electron chi connectivity index (χ1n) is 6.27. The minimum absolute atomic E-state index is 0.250. The third-order valence-corrected chi connectivity index (χ3v) is 3.40. The third-order valence-electron chi connectivity index (χ3n) is 3.40. The number of benzene rings is 1. The number of rotatable bonds is 3. The molecule has 1 saturated heterocycles. The zero-order valence-corrected chi connectivity index (χ0v) is 10.5. The normalized spacial score (nSPS) is 16.8. The monoisotopic (exact) mass is 261 g/mol. The van der Waals surface area contributed by atoms with Gasteiger partial charge in [-0.2, -0.15) is 0 Å². The molecule has 2 heterocycles. The Morgan fingerprint density at radius 1 is 1.32 bits per heavy atom. The molecule has 5 heteroatoms. The third kappa shape index (κ3) is 2.47. The van der Waals surface area contributed by atoms with Gasteiger partial charge in [0.15, 0.2) is 0 Å². The molecule has 1 fully saturated rings. The van der Waals surface area contributed by atoms with Gasteiger partial charge in [0.1, 0.15) is 5.58 Å². The van der Waals surface area contributed by atoms with Gasteiger partial charge in [-0.3, -0.25) is 4.90 Å². The lowest BCUT2D eigenvalue weighted by atomic mass is 10.1. The fourth-order valence-electron chi connectivity index (χ4n) is 2.34. The summed E-state index contributed by atoms with van der Waals surface area (Å²) >= 11 is 0. The molecular weight excluding hydrogens is 246 g/mol. The second-order valence-corrected chi connectivity index (χ2v) is 4.67. The van der Waals surface area contributed by atoms with Crippen molar-refractivity contribution in [3.63, 3.8) is 0 Å². The molecule has 2 aromatic rings. The summed E-state index contributed by atoms with van der Waals surface area (Å²) in [6.07, 6.45) is 1.71. The Bertz CT molecular complexity index is 599. The van der Waals surface area contributed by atoms with Gasteiger partial charge in [0.05, 0.1) is 25.0 Å². The number of ether oxygens (including phenoxy) is 1. The van der Waals surface area contributed by atoms with Crippen molar-refractivity contribution < 1.29 is 19.1 Å². The Balaban J connectivity index is 1.86. The molecule has 1 aliphatic rings. The minimum atomic E-state index is -0.937. The van der Waals surface area contributed by atoms with E-state index in [4.69, 9.17) is 14.3 Å². The van der Waals surface area contributed by atoms with Gasteiger partial charge in [0.2, 0.25) is 0 Å². The van der Waals surface area contributed by atoms with E-state index in [9.17, 15) is 4.79 Å². The van der Waals surface area contributed by atoms with Crippen molar-refractivity contribution in [2.24, 2.45) is 0 Å². The van der Waals surface area contributed by atoms with Crippen molar-refractivity contribution in [1.29, 1.82) is 0 Å². The lowest BCUT2D eigenvalue weighted by Crippen LogP contribution is -2.35. The zero-order chi connectivity index (χ0) is 13.2. The van der Waals surface area contributed by atoms with Gasteiger partial charge in [0, 0.05) is 30.6 Å². The standard InChI is InChI=1S/C14H15NO4/c16-14(17)10-1-2-12-11(9-19-13(12)7-10)8-15-3-5-18-6-4-15/h1-2,7,9H,3-6,8H2,(H,16,17). The molecule has 0 bridgehead atoms. The van der Waals surface area contributed by atoms with Gasteiger partial charge in [-0.15, -0.1) is 0 Å². The summed E-state index contributed by atoms with van der Waals surface area (Å²) in [5, 5.41) is 9.93.